The molecule has 0 aliphatic heterocycles. The molecule has 2 aromatic carbocycles. The molecule has 1 heterocycles. The molecule has 0 amide bonds. The summed E-state index contributed by atoms with van der Waals surface area (Å²) in [6.07, 6.45) is 3.42. The highest BCUT2D eigenvalue weighted by atomic mass is 35.5. The number of hydrogen-bond donors (Lipinski definition) is 1. The van der Waals surface area contributed by atoms with Gasteiger partial charge in [-0.3, -0.25) is 10.4 Å². The third-order valence-corrected chi connectivity index (χ3v) is 3.59. The zero-order chi connectivity index (χ0) is 15.4. The van der Waals surface area contributed by atoms with Crippen molar-refractivity contribution in [1.29, 1.82) is 0 Å². The van der Waals surface area contributed by atoms with Crippen molar-refractivity contribution in [3.05, 3.63) is 65.3 Å². The molecule has 0 spiro atoms. The Morgan fingerprint density at radius 3 is 2.86 bits per heavy atom. The Hall–Kier alpha value is -2.59. The van der Waals surface area contributed by atoms with Gasteiger partial charge in [0.1, 0.15) is 5.75 Å². The summed E-state index contributed by atoms with van der Waals surface area (Å²) in [4.78, 5) is 4.34. The first-order chi connectivity index (χ1) is 10.8. The summed E-state index contributed by atoms with van der Waals surface area (Å²) in [5.41, 5.74) is 5.60. The van der Waals surface area contributed by atoms with Crippen molar-refractivity contribution in [3.63, 3.8) is 0 Å². The van der Waals surface area contributed by atoms with Gasteiger partial charge in [0, 0.05) is 28.2 Å². The number of nitrogens with zero attached hydrogens (tertiary/aromatic N) is 2. The smallest absolute Gasteiger partial charge is 0.121 e. The number of nitrogens with one attached hydrogen (secondary N) is 1. The minimum atomic E-state index is 0.664. The fourth-order valence-electron chi connectivity index (χ4n) is 2.10. The molecule has 0 aliphatic carbocycles. The first-order valence-corrected chi connectivity index (χ1v) is 7.12. The van der Waals surface area contributed by atoms with E-state index in [0.29, 0.717) is 5.02 Å². The van der Waals surface area contributed by atoms with Crippen LogP contribution in [0.3, 0.4) is 0 Å². The summed E-state index contributed by atoms with van der Waals surface area (Å²) in [7, 11) is 1.64. The van der Waals surface area contributed by atoms with Gasteiger partial charge >= 0.3 is 0 Å². The van der Waals surface area contributed by atoms with Crippen molar-refractivity contribution in [3.8, 4) is 5.75 Å². The van der Waals surface area contributed by atoms with Gasteiger partial charge in [-0.05, 0) is 24.3 Å². The summed E-state index contributed by atoms with van der Waals surface area (Å²) in [5, 5.41) is 5.88. The van der Waals surface area contributed by atoms with Gasteiger partial charge in [-0.1, -0.05) is 29.8 Å². The van der Waals surface area contributed by atoms with E-state index in [-0.39, 0.29) is 0 Å². The number of methoxy groups -OCH3 is 1. The van der Waals surface area contributed by atoms with Gasteiger partial charge in [-0.25, -0.2) is 0 Å². The summed E-state index contributed by atoms with van der Waals surface area (Å²) in [6.45, 7) is 0. The van der Waals surface area contributed by atoms with E-state index >= 15 is 0 Å². The van der Waals surface area contributed by atoms with Crippen LogP contribution in [-0.2, 0) is 0 Å². The largest absolute Gasteiger partial charge is 0.497 e. The second kappa shape index (κ2) is 6.45. The molecule has 22 heavy (non-hydrogen) atoms. The Kier molecular flexibility index (Phi) is 4.21. The Morgan fingerprint density at radius 2 is 2.05 bits per heavy atom. The maximum Gasteiger partial charge on any atom is 0.121 e. The molecule has 0 unspecified atom stereocenters. The number of pyridine rings is 1. The topological polar surface area (TPSA) is 46.5 Å². The zero-order valence-electron chi connectivity index (χ0n) is 12.0. The second-order valence-electron chi connectivity index (χ2n) is 4.63. The van der Waals surface area contributed by atoms with E-state index in [1.807, 2.05) is 48.5 Å². The second-order valence-corrected chi connectivity index (χ2v) is 5.04. The molecule has 0 radical (unpaired) electrons. The van der Waals surface area contributed by atoms with Gasteiger partial charge in [0.05, 0.1) is 24.5 Å². The first-order valence-electron chi connectivity index (χ1n) is 6.74. The van der Waals surface area contributed by atoms with Crippen LogP contribution in [0, 0.1) is 0 Å². The number of benzene rings is 2. The molecule has 4 nitrogen and oxygen atoms in total. The van der Waals surface area contributed by atoms with Gasteiger partial charge in [0.25, 0.3) is 0 Å². The van der Waals surface area contributed by atoms with E-state index in [4.69, 9.17) is 16.3 Å². The van der Waals surface area contributed by atoms with Crippen LogP contribution in [0.2, 0.25) is 5.02 Å². The highest BCUT2D eigenvalue weighted by Gasteiger charge is 2.02. The van der Waals surface area contributed by atoms with Gasteiger partial charge in [-0.15, -0.1) is 0 Å². The summed E-state index contributed by atoms with van der Waals surface area (Å²) in [5.74, 6) is 0.775. The number of ether oxygens (including phenoxy) is 1. The van der Waals surface area contributed by atoms with Crippen LogP contribution in [-0.4, -0.2) is 18.3 Å². The molecule has 0 aliphatic rings. The minimum Gasteiger partial charge on any atom is -0.497 e. The summed E-state index contributed by atoms with van der Waals surface area (Å²) in [6, 6.07) is 15.1. The molecule has 0 saturated carbocycles. The summed E-state index contributed by atoms with van der Waals surface area (Å²) >= 11 is 6.09. The van der Waals surface area contributed by atoms with Crippen LogP contribution in [0.4, 0.5) is 5.69 Å². The van der Waals surface area contributed by atoms with E-state index in [0.717, 1.165) is 27.9 Å². The highest BCUT2D eigenvalue weighted by Crippen LogP contribution is 2.25. The maximum absolute atomic E-state index is 6.09. The van der Waals surface area contributed by atoms with E-state index in [1.54, 1.807) is 19.5 Å². The Balaban J connectivity index is 1.86. The normalized spacial score (nSPS) is 11.0. The van der Waals surface area contributed by atoms with E-state index in [2.05, 4.69) is 15.5 Å². The number of fused-ring (bicyclic) bond motifs is 1. The molecule has 0 bridgehead atoms. The number of hydrogen-bond acceptors (Lipinski definition) is 4. The monoisotopic (exact) mass is 311 g/mol. The molecule has 1 aromatic heterocycles. The van der Waals surface area contributed by atoms with Crippen LogP contribution in [0.25, 0.3) is 10.9 Å². The predicted octanol–water partition coefficient (Wildman–Crippen LogP) is 4.34. The molecule has 0 saturated heterocycles. The Bertz CT molecular complexity index is 833. The zero-order valence-corrected chi connectivity index (χ0v) is 12.7. The number of halogens is 1. The van der Waals surface area contributed by atoms with Gasteiger partial charge in [-0.2, -0.15) is 5.10 Å². The van der Waals surface area contributed by atoms with Crippen LogP contribution in [0.15, 0.2) is 59.8 Å². The maximum atomic E-state index is 6.09. The molecular formula is C17H14ClN3O. The van der Waals surface area contributed by atoms with Gasteiger partial charge in [0.15, 0.2) is 0 Å². The van der Waals surface area contributed by atoms with Crippen molar-refractivity contribution in [2.45, 2.75) is 0 Å². The van der Waals surface area contributed by atoms with Crippen LogP contribution < -0.4 is 10.2 Å². The molecule has 1 N–H and O–H groups in total. The number of hydrazone groups is 1. The van der Waals surface area contributed by atoms with Crippen molar-refractivity contribution >= 4 is 34.4 Å². The van der Waals surface area contributed by atoms with E-state index in [1.165, 1.54) is 0 Å². The Labute approximate surface area is 133 Å². The van der Waals surface area contributed by atoms with Gasteiger partial charge in [0.2, 0.25) is 0 Å². The van der Waals surface area contributed by atoms with Crippen molar-refractivity contribution in [1.82, 2.24) is 4.98 Å². The SMILES string of the molecule is COc1ccc2c(N/N=C/c3ccccc3Cl)ccnc2c1. The molecule has 110 valence electrons. The lowest BCUT2D eigenvalue weighted by molar-refractivity contribution is 0.415. The lowest BCUT2D eigenvalue weighted by atomic mass is 10.2. The predicted molar refractivity (Wildman–Crippen MR) is 91.0 cm³/mol. The molecule has 3 aromatic rings. The van der Waals surface area contributed by atoms with Gasteiger partial charge < -0.3 is 4.74 Å². The van der Waals surface area contributed by atoms with Crippen LogP contribution >= 0.6 is 11.6 Å². The van der Waals surface area contributed by atoms with Crippen LogP contribution in [0.1, 0.15) is 5.56 Å². The molecule has 0 fully saturated rings. The van der Waals surface area contributed by atoms with E-state index in [9.17, 15) is 0 Å². The fourth-order valence-corrected chi connectivity index (χ4v) is 2.29. The third-order valence-electron chi connectivity index (χ3n) is 3.24. The molecule has 0 atom stereocenters. The first kappa shape index (κ1) is 14.4. The minimum absolute atomic E-state index is 0.664. The Morgan fingerprint density at radius 1 is 1.18 bits per heavy atom. The van der Waals surface area contributed by atoms with Crippen molar-refractivity contribution in [2.24, 2.45) is 5.10 Å². The van der Waals surface area contributed by atoms with Crippen molar-refractivity contribution < 1.29 is 4.74 Å². The fraction of sp³-hybridized carbons (Fsp3) is 0.0588. The summed E-state index contributed by atoms with van der Waals surface area (Å²) < 4.78 is 5.21. The third kappa shape index (κ3) is 3.02. The lowest BCUT2D eigenvalue weighted by Crippen LogP contribution is -1.93. The lowest BCUT2D eigenvalue weighted by Gasteiger charge is -2.06. The average Bonchev–Trinajstić information content (AvgIpc) is 2.56. The molecular weight excluding hydrogens is 298 g/mol. The van der Waals surface area contributed by atoms with E-state index < -0.39 is 0 Å². The van der Waals surface area contributed by atoms with Crippen LogP contribution in [0.5, 0.6) is 5.75 Å². The molecule has 5 heteroatoms. The quantitative estimate of drug-likeness (QED) is 0.576. The standard InChI is InChI=1S/C17H14ClN3O/c1-22-13-6-7-14-16(8-9-19-17(14)10-13)21-20-11-12-4-2-3-5-15(12)18/h2-11H,1H3,(H,19,21)/b20-11+. The van der Waals surface area contributed by atoms with Crippen molar-refractivity contribution in [2.75, 3.05) is 12.5 Å². The number of aromatic nitrogens is 1. The highest BCUT2D eigenvalue weighted by molar-refractivity contribution is 6.33. The number of rotatable bonds is 4. The average molecular weight is 312 g/mol. The molecule has 3 rings (SSSR count). The number of anilines is 1.